The first-order valence-corrected chi connectivity index (χ1v) is 11.6. The quantitative estimate of drug-likeness (QED) is 0.587. The van der Waals surface area contributed by atoms with E-state index in [1.54, 1.807) is 7.11 Å². The summed E-state index contributed by atoms with van der Waals surface area (Å²) in [5.74, 6) is 0.897. The highest BCUT2D eigenvalue weighted by atomic mass is 16.5. The van der Waals surface area contributed by atoms with Gasteiger partial charge in [-0.3, -0.25) is 14.7 Å². The van der Waals surface area contributed by atoms with Crippen LogP contribution in [0.5, 0.6) is 5.75 Å². The number of ether oxygens (including phenoxy) is 1. The van der Waals surface area contributed by atoms with Crippen LogP contribution in [0.2, 0.25) is 0 Å². The zero-order chi connectivity index (χ0) is 22.5. The number of benzene rings is 2. The van der Waals surface area contributed by atoms with Crippen molar-refractivity contribution in [3.63, 3.8) is 0 Å². The van der Waals surface area contributed by atoms with E-state index in [0.29, 0.717) is 13.0 Å². The first-order valence-electron chi connectivity index (χ1n) is 11.6. The number of likely N-dealkylation sites (tertiary alicyclic amines) is 1. The van der Waals surface area contributed by atoms with E-state index in [1.165, 1.54) is 24.8 Å². The third-order valence-corrected chi connectivity index (χ3v) is 6.65. The molecule has 5 heteroatoms. The molecule has 0 bridgehead atoms. The zero-order valence-electron chi connectivity index (χ0n) is 19.4. The van der Waals surface area contributed by atoms with Gasteiger partial charge in [-0.05, 0) is 74.7 Å². The Balaban J connectivity index is 1.49. The fraction of sp³-hybridized carbons (Fsp3) is 0.407. The van der Waals surface area contributed by atoms with Crippen LogP contribution in [0, 0.1) is 13.8 Å². The largest absolute Gasteiger partial charge is 0.497 e. The number of aryl methyl sites for hydroxylation is 2. The molecular weight excluding hydrogens is 398 g/mol. The Morgan fingerprint density at radius 3 is 2.50 bits per heavy atom. The molecule has 0 saturated carbocycles. The third kappa shape index (κ3) is 4.94. The van der Waals surface area contributed by atoms with E-state index >= 15 is 0 Å². The molecule has 32 heavy (non-hydrogen) atoms. The van der Waals surface area contributed by atoms with Gasteiger partial charge in [-0.2, -0.15) is 0 Å². The Morgan fingerprint density at radius 2 is 1.78 bits per heavy atom. The Hall–Kier alpha value is -2.92. The number of fused-ring (bicyclic) bond motifs is 1. The van der Waals surface area contributed by atoms with Crippen molar-refractivity contribution in [3.8, 4) is 5.75 Å². The number of pyridine rings is 1. The van der Waals surface area contributed by atoms with Gasteiger partial charge in [0.05, 0.1) is 25.1 Å². The summed E-state index contributed by atoms with van der Waals surface area (Å²) in [7, 11) is 1.68. The Bertz CT molecular complexity index is 1070. The minimum atomic E-state index is 0.0452. The number of carbonyl (C=O) groups is 1. The lowest BCUT2D eigenvalue weighted by Gasteiger charge is -2.35. The number of rotatable bonds is 7. The summed E-state index contributed by atoms with van der Waals surface area (Å²) in [6, 6.07) is 16.5. The first-order chi connectivity index (χ1) is 15.6. The van der Waals surface area contributed by atoms with E-state index in [9.17, 15) is 4.79 Å². The molecule has 1 aromatic heterocycles. The van der Waals surface area contributed by atoms with Crippen LogP contribution in [-0.4, -0.2) is 42.5 Å². The summed E-state index contributed by atoms with van der Waals surface area (Å²) in [6.45, 7) is 6.83. The number of aromatic nitrogens is 1. The normalized spacial score (nSPS) is 15.5. The van der Waals surface area contributed by atoms with Crippen LogP contribution in [0.3, 0.4) is 0 Å². The molecule has 0 aliphatic carbocycles. The van der Waals surface area contributed by atoms with Crippen molar-refractivity contribution in [1.82, 2.24) is 15.2 Å². The molecule has 0 spiro atoms. The minimum Gasteiger partial charge on any atom is -0.497 e. The SMILES string of the molecule is COc1ccc([C@@H](CNC(=O)Cc2c(C)nc3ccccc3c2C)N2CCCCC2)cc1. The van der Waals surface area contributed by atoms with Crippen molar-refractivity contribution in [2.24, 2.45) is 0 Å². The van der Waals surface area contributed by atoms with Crippen molar-refractivity contribution in [2.45, 2.75) is 45.6 Å². The Morgan fingerprint density at radius 1 is 1.06 bits per heavy atom. The molecule has 2 heterocycles. The summed E-state index contributed by atoms with van der Waals surface area (Å²) in [4.78, 5) is 20.2. The molecule has 1 atom stereocenters. The van der Waals surface area contributed by atoms with Gasteiger partial charge in [0.1, 0.15) is 5.75 Å². The van der Waals surface area contributed by atoms with Crippen molar-refractivity contribution in [3.05, 3.63) is 70.9 Å². The lowest BCUT2D eigenvalue weighted by molar-refractivity contribution is -0.120. The van der Waals surface area contributed by atoms with Crippen LogP contribution >= 0.6 is 0 Å². The van der Waals surface area contributed by atoms with Crippen LogP contribution in [0.4, 0.5) is 0 Å². The van der Waals surface area contributed by atoms with Crippen molar-refractivity contribution >= 4 is 16.8 Å². The van der Waals surface area contributed by atoms with Crippen LogP contribution in [0.15, 0.2) is 48.5 Å². The molecule has 5 nitrogen and oxygen atoms in total. The number of methoxy groups -OCH3 is 1. The Labute approximate surface area is 190 Å². The number of para-hydroxylation sites is 1. The maximum atomic E-state index is 13.0. The molecule has 0 unspecified atom stereocenters. The highest BCUT2D eigenvalue weighted by Crippen LogP contribution is 2.26. The lowest BCUT2D eigenvalue weighted by Crippen LogP contribution is -2.41. The number of nitrogens with zero attached hydrogens (tertiary/aromatic N) is 2. The van der Waals surface area contributed by atoms with E-state index in [0.717, 1.165) is 46.6 Å². The average molecular weight is 432 g/mol. The maximum absolute atomic E-state index is 13.0. The van der Waals surface area contributed by atoms with E-state index < -0.39 is 0 Å². The molecule has 1 fully saturated rings. The van der Waals surface area contributed by atoms with Crippen LogP contribution in [0.1, 0.15) is 47.7 Å². The summed E-state index contributed by atoms with van der Waals surface area (Å²) in [5.41, 5.74) is 5.30. The number of carbonyl (C=O) groups excluding carboxylic acids is 1. The van der Waals surface area contributed by atoms with Gasteiger partial charge >= 0.3 is 0 Å². The van der Waals surface area contributed by atoms with Crippen LogP contribution in [0.25, 0.3) is 10.9 Å². The van der Waals surface area contributed by atoms with Gasteiger partial charge in [-0.1, -0.05) is 36.8 Å². The smallest absolute Gasteiger partial charge is 0.224 e. The van der Waals surface area contributed by atoms with Gasteiger partial charge in [-0.15, -0.1) is 0 Å². The summed E-state index contributed by atoms with van der Waals surface area (Å²) in [6.07, 6.45) is 4.06. The maximum Gasteiger partial charge on any atom is 0.224 e. The van der Waals surface area contributed by atoms with Crippen molar-refractivity contribution < 1.29 is 9.53 Å². The van der Waals surface area contributed by atoms with Crippen molar-refractivity contribution in [2.75, 3.05) is 26.7 Å². The molecular formula is C27H33N3O2. The zero-order valence-corrected chi connectivity index (χ0v) is 19.4. The molecule has 3 aromatic rings. The second-order valence-electron chi connectivity index (χ2n) is 8.68. The predicted octanol–water partition coefficient (Wildman–Crippen LogP) is 4.75. The summed E-state index contributed by atoms with van der Waals surface area (Å²) >= 11 is 0. The topological polar surface area (TPSA) is 54.5 Å². The highest BCUT2D eigenvalue weighted by molar-refractivity contribution is 5.86. The highest BCUT2D eigenvalue weighted by Gasteiger charge is 2.23. The molecule has 1 N–H and O–H groups in total. The van der Waals surface area contributed by atoms with E-state index in [-0.39, 0.29) is 11.9 Å². The number of hydrogen-bond acceptors (Lipinski definition) is 4. The minimum absolute atomic E-state index is 0.0452. The summed E-state index contributed by atoms with van der Waals surface area (Å²) in [5, 5.41) is 4.33. The summed E-state index contributed by atoms with van der Waals surface area (Å²) < 4.78 is 5.32. The van der Waals surface area contributed by atoms with Crippen LogP contribution < -0.4 is 10.1 Å². The molecule has 168 valence electrons. The van der Waals surface area contributed by atoms with Gasteiger partial charge in [0, 0.05) is 17.6 Å². The van der Waals surface area contributed by atoms with E-state index in [2.05, 4.69) is 35.3 Å². The second kappa shape index (κ2) is 10.1. The molecule has 0 radical (unpaired) electrons. The lowest BCUT2D eigenvalue weighted by atomic mass is 9.99. The number of piperidine rings is 1. The fourth-order valence-electron chi connectivity index (χ4n) is 4.78. The fourth-order valence-corrected chi connectivity index (χ4v) is 4.78. The molecule has 1 aliphatic heterocycles. The predicted molar refractivity (Wildman–Crippen MR) is 129 cm³/mol. The van der Waals surface area contributed by atoms with Crippen molar-refractivity contribution in [1.29, 1.82) is 0 Å². The molecule has 4 rings (SSSR count). The molecule has 1 amide bonds. The van der Waals surface area contributed by atoms with E-state index in [1.807, 2.05) is 37.3 Å². The van der Waals surface area contributed by atoms with Gasteiger partial charge < -0.3 is 10.1 Å². The van der Waals surface area contributed by atoms with Gasteiger partial charge in [-0.25, -0.2) is 0 Å². The molecule has 2 aromatic carbocycles. The van der Waals surface area contributed by atoms with Crippen LogP contribution in [-0.2, 0) is 11.2 Å². The Kier molecular flexibility index (Phi) is 7.05. The van der Waals surface area contributed by atoms with Gasteiger partial charge in [0.25, 0.3) is 0 Å². The second-order valence-corrected chi connectivity index (χ2v) is 8.68. The number of nitrogens with one attached hydrogen (secondary N) is 1. The average Bonchev–Trinajstić information content (AvgIpc) is 2.83. The third-order valence-electron chi connectivity index (χ3n) is 6.65. The van der Waals surface area contributed by atoms with Gasteiger partial charge in [0.2, 0.25) is 5.91 Å². The number of amides is 1. The molecule has 1 aliphatic rings. The van der Waals surface area contributed by atoms with E-state index in [4.69, 9.17) is 9.72 Å². The first kappa shape index (κ1) is 22.3. The standard InChI is InChI=1S/C27H33N3O2/c1-19-23-9-5-6-10-25(23)29-20(2)24(19)17-27(31)28-18-26(30-15-7-4-8-16-30)21-11-13-22(32-3)14-12-21/h5-6,9-14,26H,4,7-8,15-18H2,1-3H3,(H,28,31)/t26-/m1/s1. The number of hydrogen-bond donors (Lipinski definition) is 1. The monoisotopic (exact) mass is 431 g/mol. The molecule has 1 saturated heterocycles. The van der Waals surface area contributed by atoms with Gasteiger partial charge in [0.15, 0.2) is 0 Å².